The lowest BCUT2D eigenvalue weighted by molar-refractivity contribution is -0.220. The lowest BCUT2D eigenvalue weighted by Gasteiger charge is -2.41. The lowest BCUT2D eigenvalue weighted by atomic mass is 9.85. The van der Waals surface area contributed by atoms with E-state index in [1.807, 2.05) is 0 Å². The van der Waals surface area contributed by atoms with Crippen molar-refractivity contribution < 1.29 is 58.3 Å². The first-order valence-corrected chi connectivity index (χ1v) is 23.8. The minimum absolute atomic E-state index is 0.0898. The van der Waals surface area contributed by atoms with Crippen molar-refractivity contribution in [3.05, 3.63) is 36.5 Å². The summed E-state index contributed by atoms with van der Waals surface area (Å²) in [5.41, 5.74) is 0. The summed E-state index contributed by atoms with van der Waals surface area (Å²) in [5, 5.41) is 50.1. The highest BCUT2D eigenvalue weighted by atomic mass is 31.2. The number of carbonyl (C=O) groups is 1. The zero-order valence-corrected chi connectivity index (χ0v) is 36.3. The van der Waals surface area contributed by atoms with Crippen molar-refractivity contribution >= 4 is 13.8 Å². The van der Waals surface area contributed by atoms with Gasteiger partial charge in [0.25, 0.3) is 0 Å². The second kappa shape index (κ2) is 35.3. The summed E-state index contributed by atoms with van der Waals surface area (Å²) in [7, 11) is -5.02. The maximum atomic E-state index is 12.8. The van der Waals surface area contributed by atoms with Crippen LogP contribution in [-0.2, 0) is 27.9 Å². The molecule has 0 heterocycles. The number of esters is 1. The van der Waals surface area contributed by atoms with Crippen molar-refractivity contribution in [1.82, 2.24) is 0 Å². The van der Waals surface area contributed by atoms with Crippen LogP contribution in [0.3, 0.4) is 0 Å². The van der Waals surface area contributed by atoms with E-state index in [9.17, 15) is 39.8 Å². The predicted molar refractivity (Wildman–Crippen MR) is 226 cm³/mol. The van der Waals surface area contributed by atoms with Crippen LogP contribution in [0.1, 0.15) is 174 Å². The van der Waals surface area contributed by atoms with Gasteiger partial charge in [-0.05, 0) is 44.9 Å². The zero-order chi connectivity index (χ0) is 42.0. The van der Waals surface area contributed by atoms with E-state index in [0.29, 0.717) is 13.0 Å². The Balaban J connectivity index is 2.42. The van der Waals surface area contributed by atoms with Crippen LogP contribution in [0.4, 0.5) is 0 Å². The Morgan fingerprint density at radius 3 is 1.58 bits per heavy atom. The first kappa shape index (κ1) is 53.6. The number of phosphoric acid groups is 1. The Kier molecular flexibility index (Phi) is 33.2. The largest absolute Gasteiger partial charge is 0.472 e. The van der Waals surface area contributed by atoms with Gasteiger partial charge in [0, 0.05) is 13.0 Å². The SMILES string of the molecule is CC/C=C\C/C=C\C/C=C\CCCCCCOCC(COP(=O)(O)OC1C(O)C(O)C(O)C(O)C1O)OC(=O)CCCCCCCCCCCCCCCCCC. The van der Waals surface area contributed by atoms with E-state index in [1.54, 1.807) is 0 Å². The number of rotatable bonds is 37. The molecule has 0 aromatic heterocycles. The van der Waals surface area contributed by atoms with E-state index in [4.69, 9.17) is 18.5 Å². The third-order valence-electron chi connectivity index (χ3n) is 10.3. The molecule has 1 aliphatic carbocycles. The van der Waals surface area contributed by atoms with Gasteiger partial charge in [0.05, 0.1) is 13.2 Å². The molecule has 13 heteroatoms. The van der Waals surface area contributed by atoms with Gasteiger partial charge in [-0.3, -0.25) is 13.8 Å². The van der Waals surface area contributed by atoms with E-state index in [0.717, 1.165) is 70.6 Å². The Morgan fingerprint density at radius 1 is 0.579 bits per heavy atom. The fraction of sp³-hybridized carbons (Fsp3) is 0.841. The Bertz CT molecular complexity index is 1090. The molecule has 6 unspecified atom stereocenters. The molecule has 0 bridgehead atoms. The smallest absolute Gasteiger partial charge is 0.457 e. The van der Waals surface area contributed by atoms with Gasteiger partial charge >= 0.3 is 13.8 Å². The minimum atomic E-state index is -5.02. The van der Waals surface area contributed by atoms with Crippen molar-refractivity contribution in [2.24, 2.45) is 0 Å². The van der Waals surface area contributed by atoms with E-state index in [1.165, 1.54) is 77.0 Å². The summed E-state index contributed by atoms with van der Waals surface area (Å²) in [4.78, 5) is 23.1. The molecular formula is C44H81O12P. The van der Waals surface area contributed by atoms with Gasteiger partial charge in [-0.1, -0.05) is 159 Å². The van der Waals surface area contributed by atoms with Gasteiger partial charge in [0.1, 0.15) is 42.7 Å². The average Bonchev–Trinajstić information content (AvgIpc) is 3.19. The van der Waals surface area contributed by atoms with Crippen LogP contribution < -0.4 is 0 Å². The molecule has 12 nitrogen and oxygen atoms in total. The maximum Gasteiger partial charge on any atom is 0.472 e. The number of hydrogen-bond acceptors (Lipinski definition) is 11. The van der Waals surface area contributed by atoms with Gasteiger partial charge in [-0.25, -0.2) is 4.57 Å². The summed E-state index contributed by atoms with van der Waals surface area (Å²) in [6, 6.07) is 0. The van der Waals surface area contributed by atoms with Crippen molar-refractivity contribution in [2.75, 3.05) is 19.8 Å². The van der Waals surface area contributed by atoms with Gasteiger partial charge in [0.15, 0.2) is 0 Å². The van der Waals surface area contributed by atoms with E-state index in [2.05, 4.69) is 50.3 Å². The van der Waals surface area contributed by atoms with Crippen molar-refractivity contribution in [1.29, 1.82) is 0 Å². The van der Waals surface area contributed by atoms with Gasteiger partial charge in [-0.2, -0.15) is 0 Å². The molecule has 0 aromatic rings. The third-order valence-corrected chi connectivity index (χ3v) is 11.3. The van der Waals surface area contributed by atoms with E-state index < -0.39 is 63.1 Å². The standard InChI is InChI=1S/C44H81O12P/c1-3-5-7-9-11-13-15-17-19-20-21-23-25-27-29-31-33-38(45)55-37(35-53-34-32-30-28-26-24-22-18-16-14-12-10-8-6-4-2)36-54-57(51,52)56-44-42(49)40(47)39(46)41(48)43(44)50/h6,8,12,14,18,22,37,39-44,46-50H,3-5,7,9-11,13,15-17,19-21,23-36H2,1-2H3,(H,51,52)/b8-6-,14-12-,22-18-. The van der Waals surface area contributed by atoms with Crippen molar-refractivity contribution in [3.8, 4) is 0 Å². The maximum absolute atomic E-state index is 12.8. The molecule has 0 saturated heterocycles. The molecule has 0 spiro atoms. The van der Waals surface area contributed by atoms with E-state index >= 15 is 0 Å². The predicted octanol–water partition coefficient (Wildman–Crippen LogP) is 8.70. The molecule has 1 fully saturated rings. The third kappa shape index (κ3) is 27.9. The van der Waals surface area contributed by atoms with Crippen LogP contribution in [0.25, 0.3) is 0 Å². The molecule has 6 atom stereocenters. The fourth-order valence-electron chi connectivity index (χ4n) is 6.72. The van der Waals surface area contributed by atoms with Crippen LogP contribution in [0, 0.1) is 0 Å². The quantitative estimate of drug-likeness (QED) is 0.0151. The molecule has 0 aromatic carbocycles. The Morgan fingerprint density at radius 2 is 1.04 bits per heavy atom. The summed E-state index contributed by atoms with van der Waals surface area (Å²) in [6.07, 6.45) is 27.9. The summed E-state index contributed by atoms with van der Waals surface area (Å²) >= 11 is 0. The number of aliphatic hydroxyl groups is 5. The topological polar surface area (TPSA) is 192 Å². The molecule has 0 radical (unpaired) electrons. The molecule has 0 aliphatic heterocycles. The molecule has 1 rings (SSSR count). The van der Waals surface area contributed by atoms with Crippen molar-refractivity contribution in [3.63, 3.8) is 0 Å². The van der Waals surface area contributed by atoms with E-state index in [-0.39, 0.29) is 13.0 Å². The first-order valence-electron chi connectivity index (χ1n) is 22.3. The lowest BCUT2D eigenvalue weighted by Crippen LogP contribution is -2.64. The van der Waals surface area contributed by atoms with Crippen LogP contribution in [0.5, 0.6) is 0 Å². The second-order valence-corrected chi connectivity index (χ2v) is 16.9. The Hall–Kier alpha value is -1.44. The molecule has 1 aliphatic rings. The van der Waals surface area contributed by atoms with Gasteiger partial charge in [-0.15, -0.1) is 0 Å². The number of carbonyl (C=O) groups excluding carboxylic acids is 1. The summed E-state index contributed by atoms with van der Waals surface area (Å²) < 4.78 is 34.1. The highest BCUT2D eigenvalue weighted by Crippen LogP contribution is 2.47. The van der Waals surface area contributed by atoms with Crippen LogP contribution >= 0.6 is 7.82 Å². The highest BCUT2D eigenvalue weighted by molar-refractivity contribution is 7.47. The number of allylic oxidation sites excluding steroid dienone is 6. The van der Waals surface area contributed by atoms with Crippen LogP contribution in [0.2, 0.25) is 0 Å². The first-order chi connectivity index (χ1) is 27.5. The monoisotopic (exact) mass is 833 g/mol. The minimum Gasteiger partial charge on any atom is -0.457 e. The van der Waals surface area contributed by atoms with Crippen molar-refractivity contribution in [2.45, 2.75) is 217 Å². The van der Waals surface area contributed by atoms with Crippen LogP contribution in [0.15, 0.2) is 36.5 Å². The highest BCUT2D eigenvalue weighted by Gasteiger charge is 2.51. The summed E-state index contributed by atoms with van der Waals surface area (Å²) in [6.45, 7) is 4.10. The number of aliphatic hydroxyl groups excluding tert-OH is 5. The normalized spacial score (nSPS) is 23.2. The van der Waals surface area contributed by atoms with Gasteiger partial charge in [0.2, 0.25) is 0 Å². The molecule has 334 valence electrons. The number of phosphoric ester groups is 1. The summed E-state index contributed by atoms with van der Waals surface area (Å²) in [5.74, 6) is -0.485. The number of unbranched alkanes of at least 4 members (excludes halogenated alkanes) is 19. The van der Waals surface area contributed by atoms with Crippen LogP contribution in [-0.4, -0.2) is 98.9 Å². The number of hydrogen-bond donors (Lipinski definition) is 6. The van der Waals surface area contributed by atoms with Gasteiger partial charge < -0.3 is 39.9 Å². The molecule has 6 N–H and O–H groups in total. The molecule has 57 heavy (non-hydrogen) atoms. The average molecular weight is 833 g/mol. The Labute approximate surface area is 344 Å². The molecule has 0 amide bonds. The zero-order valence-electron chi connectivity index (χ0n) is 35.4. The number of ether oxygens (including phenoxy) is 2. The molecular weight excluding hydrogens is 751 g/mol. The second-order valence-electron chi connectivity index (χ2n) is 15.5. The molecule has 1 saturated carbocycles. The fourth-order valence-corrected chi connectivity index (χ4v) is 7.70.